The number of benzene rings is 1. The summed E-state index contributed by atoms with van der Waals surface area (Å²) in [6, 6.07) is 4.14. The van der Waals surface area contributed by atoms with E-state index >= 15 is 0 Å². The van der Waals surface area contributed by atoms with E-state index in [0.29, 0.717) is 11.7 Å². The number of nitrogens with zero attached hydrogens (tertiary/aromatic N) is 4. The number of aliphatic imine (C=N–C) groups is 1. The lowest BCUT2D eigenvalue weighted by Gasteiger charge is -2.32. The summed E-state index contributed by atoms with van der Waals surface area (Å²) in [4.78, 5) is 10.9. The van der Waals surface area contributed by atoms with Gasteiger partial charge in [0, 0.05) is 33.1 Å². The standard InChI is InChI=1S/C19H27N5O3/c1-13-22-18(27-23-13)6-5-8-21-19(20-2)24-9-7-14-10-16(25-3)17(26-4)11-15(14)12-24/h10-11H,5-9,12H2,1-4H3,(H,20,21). The van der Waals surface area contributed by atoms with Crippen molar-refractivity contribution in [2.45, 2.75) is 32.7 Å². The van der Waals surface area contributed by atoms with Crippen LogP contribution in [0.5, 0.6) is 11.5 Å². The maximum absolute atomic E-state index is 5.44. The Labute approximate surface area is 159 Å². The summed E-state index contributed by atoms with van der Waals surface area (Å²) in [6.07, 6.45) is 2.60. The van der Waals surface area contributed by atoms with Gasteiger partial charge in [-0.25, -0.2) is 0 Å². The van der Waals surface area contributed by atoms with E-state index in [9.17, 15) is 0 Å². The molecule has 8 nitrogen and oxygen atoms in total. The lowest BCUT2D eigenvalue weighted by Crippen LogP contribution is -2.44. The Morgan fingerprint density at radius 1 is 1.26 bits per heavy atom. The molecule has 27 heavy (non-hydrogen) atoms. The molecule has 8 heteroatoms. The van der Waals surface area contributed by atoms with Crippen molar-refractivity contribution in [1.29, 1.82) is 0 Å². The molecule has 0 amide bonds. The number of guanidine groups is 1. The zero-order chi connectivity index (χ0) is 19.2. The highest BCUT2D eigenvalue weighted by molar-refractivity contribution is 5.80. The highest BCUT2D eigenvalue weighted by atomic mass is 16.5. The molecule has 0 aliphatic carbocycles. The lowest BCUT2D eigenvalue weighted by atomic mass is 9.99. The maximum atomic E-state index is 5.44. The average molecular weight is 373 g/mol. The summed E-state index contributed by atoms with van der Waals surface area (Å²) in [5, 5.41) is 7.24. The molecule has 0 saturated heterocycles. The van der Waals surface area contributed by atoms with Crippen LogP contribution < -0.4 is 14.8 Å². The van der Waals surface area contributed by atoms with Gasteiger partial charge in [0.2, 0.25) is 5.89 Å². The highest BCUT2D eigenvalue weighted by Gasteiger charge is 2.21. The first-order valence-electron chi connectivity index (χ1n) is 9.13. The summed E-state index contributed by atoms with van der Waals surface area (Å²) >= 11 is 0. The smallest absolute Gasteiger partial charge is 0.226 e. The van der Waals surface area contributed by atoms with Gasteiger partial charge in [0.15, 0.2) is 23.3 Å². The van der Waals surface area contributed by atoms with E-state index in [4.69, 9.17) is 14.0 Å². The van der Waals surface area contributed by atoms with Gasteiger partial charge in [0.05, 0.1) is 14.2 Å². The van der Waals surface area contributed by atoms with Crippen LogP contribution in [0.4, 0.5) is 0 Å². The van der Waals surface area contributed by atoms with Crippen LogP contribution >= 0.6 is 0 Å². The van der Waals surface area contributed by atoms with Crippen LogP contribution in [0.3, 0.4) is 0 Å². The first kappa shape index (κ1) is 19.0. The van der Waals surface area contributed by atoms with Crippen LogP contribution in [-0.2, 0) is 19.4 Å². The van der Waals surface area contributed by atoms with Crippen LogP contribution in [0.1, 0.15) is 29.3 Å². The Kier molecular flexibility index (Phi) is 6.16. The second-order valence-corrected chi connectivity index (χ2v) is 6.46. The summed E-state index contributed by atoms with van der Waals surface area (Å²) < 4.78 is 16.0. The number of aromatic nitrogens is 2. The summed E-state index contributed by atoms with van der Waals surface area (Å²) in [7, 11) is 5.14. The zero-order valence-corrected chi connectivity index (χ0v) is 16.4. The first-order chi connectivity index (χ1) is 13.1. The Hall–Kier alpha value is -2.77. The molecule has 0 fully saturated rings. The van der Waals surface area contributed by atoms with Gasteiger partial charge in [-0.2, -0.15) is 4.98 Å². The zero-order valence-electron chi connectivity index (χ0n) is 16.4. The molecule has 1 aliphatic heterocycles. The third-order valence-corrected chi connectivity index (χ3v) is 4.65. The number of hydrogen-bond acceptors (Lipinski definition) is 6. The molecular formula is C19H27N5O3. The minimum atomic E-state index is 0.674. The molecular weight excluding hydrogens is 346 g/mol. The van der Waals surface area contributed by atoms with Crippen molar-refractivity contribution in [2.75, 3.05) is 34.4 Å². The fourth-order valence-corrected chi connectivity index (χ4v) is 3.28. The van der Waals surface area contributed by atoms with Crippen molar-refractivity contribution in [3.63, 3.8) is 0 Å². The molecule has 0 saturated carbocycles. The topological polar surface area (TPSA) is 85.0 Å². The average Bonchev–Trinajstić information content (AvgIpc) is 3.11. The van der Waals surface area contributed by atoms with Crippen molar-refractivity contribution in [3.8, 4) is 11.5 Å². The van der Waals surface area contributed by atoms with Crippen molar-refractivity contribution in [3.05, 3.63) is 35.0 Å². The van der Waals surface area contributed by atoms with E-state index in [1.54, 1.807) is 14.2 Å². The number of nitrogens with one attached hydrogen (secondary N) is 1. The second kappa shape index (κ2) is 8.75. The molecule has 146 valence electrons. The Balaban J connectivity index is 1.57. The molecule has 0 bridgehead atoms. The third-order valence-electron chi connectivity index (χ3n) is 4.65. The van der Waals surface area contributed by atoms with Crippen molar-refractivity contribution < 1.29 is 14.0 Å². The number of fused-ring (bicyclic) bond motifs is 1. The Morgan fingerprint density at radius 3 is 2.63 bits per heavy atom. The van der Waals surface area contributed by atoms with Crippen LogP contribution in [-0.4, -0.2) is 55.4 Å². The molecule has 0 atom stereocenters. The van der Waals surface area contributed by atoms with Crippen LogP contribution in [0.25, 0.3) is 0 Å². The second-order valence-electron chi connectivity index (χ2n) is 6.46. The van der Waals surface area contributed by atoms with Gasteiger partial charge in [0.1, 0.15) is 0 Å². The van der Waals surface area contributed by atoms with Gasteiger partial charge < -0.3 is 24.2 Å². The molecule has 2 aromatic rings. The van der Waals surface area contributed by atoms with Gasteiger partial charge in [-0.1, -0.05) is 5.16 Å². The van der Waals surface area contributed by atoms with Crippen molar-refractivity contribution >= 4 is 5.96 Å². The molecule has 1 aromatic carbocycles. The van der Waals surface area contributed by atoms with Crippen LogP contribution in [0.2, 0.25) is 0 Å². The van der Waals surface area contributed by atoms with Crippen LogP contribution in [0.15, 0.2) is 21.6 Å². The quantitative estimate of drug-likeness (QED) is 0.471. The predicted molar refractivity (Wildman–Crippen MR) is 102 cm³/mol. The van der Waals surface area contributed by atoms with E-state index in [-0.39, 0.29) is 0 Å². The van der Waals surface area contributed by atoms with Gasteiger partial charge in [-0.05, 0) is 43.0 Å². The molecule has 0 unspecified atom stereocenters. The minimum absolute atomic E-state index is 0.674. The number of ether oxygens (including phenoxy) is 2. The molecule has 1 aromatic heterocycles. The van der Waals surface area contributed by atoms with Crippen molar-refractivity contribution in [2.24, 2.45) is 4.99 Å². The summed E-state index contributed by atoms with van der Waals surface area (Å²) in [5.41, 5.74) is 2.54. The summed E-state index contributed by atoms with van der Waals surface area (Å²) in [6.45, 7) is 4.32. The highest BCUT2D eigenvalue weighted by Crippen LogP contribution is 2.33. The maximum Gasteiger partial charge on any atom is 0.226 e. The van der Waals surface area contributed by atoms with E-state index in [1.807, 2.05) is 14.0 Å². The normalized spacial score (nSPS) is 14.1. The van der Waals surface area contributed by atoms with E-state index in [0.717, 1.165) is 56.4 Å². The van der Waals surface area contributed by atoms with Crippen molar-refractivity contribution in [1.82, 2.24) is 20.4 Å². The van der Waals surface area contributed by atoms with Gasteiger partial charge >= 0.3 is 0 Å². The van der Waals surface area contributed by atoms with E-state index in [1.165, 1.54) is 11.1 Å². The predicted octanol–water partition coefficient (Wildman–Crippen LogP) is 1.96. The van der Waals surface area contributed by atoms with Gasteiger partial charge in [-0.15, -0.1) is 0 Å². The lowest BCUT2D eigenvalue weighted by molar-refractivity contribution is 0.345. The first-order valence-corrected chi connectivity index (χ1v) is 9.13. The molecule has 1 N–H and O–H groups in total. The third kappa shape index (κ3) is 4.50. The Morgan fingerprint density at radius 2 is 2.00 bits per heavy atom. The number of aryl methyl sites for hydroxylation is 2. The van der Waals surface area contributed by atoms with E-state index < -0.39 is 0 Å². The largest absolute Gasteiger partial charge is 0.493 e. The fraction of sp³-hybridized carbons (Fsp3) is 0.526. The molecule has 1 aliphatic rings. The Bertz CT molecular complexity index is 803. The SMILES string of the molecule is CN=C(NCCCc1nc(C)no1)N1CCc2cc(OC)c(OC)cc2C1. The fourth-order valence-electron chi connectivity index (χ4n) is 3.28. The van der Waals surface area contributed by atoms with Crippen LogP contribution in [0, 0.1) is 6.92 Å². The monoisotopic (exact) mass is 373 g/mol. The number of rotatable bonds is 6. The number of methoxy groups -OCH3 is 2. The number of hydrogen-bond donors (Lipinski definition) is 1. The molecule has 3 rings (SSSR count). The van der Waals surface area contributed by atoms with E-state index in [2.05, 4.69) is 37.5 Å². The van der Waals surface area contributed by atoms with Gasteiger partial charge in [-0.3, -0.25) is 4.99 Å². The minimum Gasteiger partial charge on any atom is -0.493 e. The molecule has 2 heterocycles. The van der Waals surface area contributed by atoms with Gasteiger partial charge in [0.25, 0.3) is 0 Å². The summed E-state index contributed by atoms with van der Waals surface area (Å²) in [5.74, 6) is 3.79. The molecule has 0 radical (unpaired) electrons. The molecule has 0 spiro atoms.